The lowest BCUT2D eigenvalue weighted by Crippen LogP contribution is -2.44. The van der Waals surface area contributed by atoms with E-state index in [1.165, 1.54) is 0 Å². The van der Waals surface area contributed by atoms with Gasteiger partial charge in [-0.15, -0.1) is 0 Å². The Labute approximate surface area is 100 Å². The summed E-state index contributed by atoms with van der Waals surface area (Å²) in [5, 5.41) is 27.3. The summed E-state index contributed by atoms with van der Waals surface area (Å²) in [5.74, 6) is -2.79. The van der Waals surface area contributed by atoms with Crippen molar-refractivity contribution in [1.29, 1.82) is 0 Å². The molecule has 0 aromatic carbocycles. The van der Waals surface area contributed by atoms with Gasteiger partial charge in [0.05, 0.1) is 11.3 Å². The van der Waals surface area contributed by atoms with Gasteiger partial charge in [0.15, 0.2) is 0 Å². The molecule has 1 aliphatic carbocycles. The summed E-state index contributed by atoms with van der Waals surface area (Å²) in [7, 11) is 0. The summed E-state index contributed by atoms with van der Waals surface area (Å²) >= 11 is 0. The van der Waals surface area contributed by atoms with E-state index >= 15 is 0 Å². The van der Waals surface area contributed by atoms with Crippen LogP contribution in [0.1, 0.15) is 44.9 Å². The second kappa shape index (κ2) is 6.00. The summed E-state index contributed by atoms with van der Waals surface area (Å²) in [5.41, 5.74) is -1.13. The summed E-state index contributed by atoms with van der Waals surface area (Å²) < 4.78 is 0. The number of carboxylic acid groups (broad SMARTS) is 2. The number of carbonyl (C=O) groups is 2. The molecular weight excluding hydrogens is 224 g/mol. The third-order valence-corrected chi connectivity index (χ3v) is 3.79. The predicted octanol–water partition coefficient (Wildman–Crippen LogP) is 1.49. The van der Waals surface area contributed by atoms with E-state index in [0.717, 1.165) is 12.8 Å². The van der Waals surface area contributed by atoms with Crippen molar-refractivity contribution < 1.29 is 24.9 Å². The third kappa shape index (κ3) is 2.97. The molecule has 0 bridgehead atoms. The Morgan fingerprint density at radius 1 is 1.18 bits per heavy atom. The number of aliphatic carboxylic acids is 2. The first-order chi connectivity index (χ1) is 8.04. The molecule has 0 aliphatic heterocycles. The van der Waals surface area contributed by atoms with Crippen LogP contribution in [0.5, 0.6) is 0 Å². The van der Waals surface area contributed by atoms with E-state index in [1.54, 1.807) is 0 Å². The van der Waals surface area contributed by atoms with Gasteiger partial charge in [-0.05, 0) is 25.7 Å². The summed E-state index contributed by atoms with van der Waals surface area (Å²) in [6, 6.07) is 0. The Kier molecular flexibility index (Phi) is 4.93. The molecule has 1 aliphatic rings. The first-order valence-corrected chi connectivity index (χ1v) is 6.11. The van der Waals surface area contributed by atoms with Crippen LogP contribution in [0.25, 0.3) is 0 Å². The first kappa shape index (κ1) is 14.0. The summed E-state index contributed by atoms with van der Waals surface area (Å²) in [4.78, 5) is 22.7. The van der Waals surface area contributed by atoms with Gasteiger partial charge in [0, 0.05) is 6.61 Å². The van der Waals surface area contributed by atoms with E-state index in [-0.39, 0.29) is 6.61 Å². The lowest BCUT2D eigenvalue weighted by Gasteiger charge is -2.38. The van der Waals surface area contributed by atoms with Gasteiger partial charge < -0.3 is 15.3 Å². The SMILES string of the molecule is O=C(O)C1CCCCC1(CCCCO)C(=O)O. The van der Waals surface area contributed by atoms with Gasteiger partial charge >= 0.3 is 11.9 Å². The van der Waals surface area contributed by atoms with E-state index in [1.807, 2.05) is 0 Å². The van der Waals surface area contributed by atoms with Crippen LogP contribution in [0.3, 0.4) is 0 Å². The van der Waals surface area contributed by atoms with E-state index in [2.05, 4.69) is 0 Å². The summed E-state index contributed by atoms with van der Waals surface area (Å²) in [6.45, 7) is 0.0213. The van der Waals surface area contributed by atoms with Crippen molar-refractivity contribution in [3.05, 3.63) is 0 Å². The van der Waals surface area contributed by atoms with Crippen LogP contribution in [-0.4, -0.2) is 33.9 Å². The normalized spacial score (nSPS) is 28.9. The minimum atomic E-state index is -1.13. The van der Waals surface area contributed by atoms with E-state index in [0.29, 0.717) is 32.1 Å². The van der Waals surface area contributed by atoms with Crippen LogP contribution < -0.4 is 0 Å². The Bertz CT molecular complexity index is 289. The highest BCUT2D eigenvalue weighted by Gasteiger charge is 2.50. The molecule has 0 aromatic heterocycles. The average molecular weight is 244 g/mol. The molecule has 17 heavy (non-hydrogen) atoms. The fourth-order valence-electron chi connectivity index (χ4n) is 2.81. The van der Waals surface area contributed by atoms with Crippen molar-refractivity contribution in [2.75, 3.05) is 6.61 Å². The van der Waals surface area contributed by atoms with Gasteiger partial charge in [-0.1, -0.05) is 19.3 Å². The molecule has 3 N–H and O–H groups in total. The van der Waals surface area contributed by atoms with Crippen molar-refractivity contribution >= 4 is 11.9 Å². The molecule has 5 nitrogen and oxygen atoms in total. The number of unbranched alkanes of at least 4 members (excludes halogenated alkanes) is 1. The number of hydrogen-bond acceptors (Lipinski definition) is 3. The second-order valence-electron chi connectivity index (χ2n) is 4.78. The zero-order valence-electron chi connectivity index (χ0n) is 9.89. The monoisotopic (exact) mass is 244 g/mol. The molecule has 0 saturated heterocycles. The van der Waals surface area contributed by atoms with E-state index in [4.69, 9.17) is 10.2 Å². The van der Waals surface area contributed by atoms with Crippen molar-refractivity contribution in [2.45, 2.75) is 44.9 Å². The topological polar surface area (TPSA) is 94.8 Å². The highest BCUT2D eigenvalue weighted by molar-refractivity contribution is 5.83. The fraction of sp³-hybridized carbons (Fsp3) is 0.833. The molecule has 1 saturated carbocycles. The summed E-state index contributed by atoms with van der Waals surface area (Å²) in [6.07, 6.45) is 3.88. The zero-order chi connectivity index (χ0) is 12.9. The first-order valence-electron chi connectivity index (χ1n) is 6.11. The largest absolute Gasteiger partial charge is 0.481 e. The number of aliphatic hydroxyl groups is 1. The van der Waals surface area contributed by atoms with Crippen molar-refractivity contribution in [1.82, 2.24) is 0 Å². The molecule has 1 fully saturated rings. The van der Waals surface area contributed by atoms with E-state index in [9.17, 15) is 14.7 Å². The van der Waals surface area contributed by atoms with Crippen LogP contribution in [-0.2, 0) is 9.59 Å². The van der Waals surface area contributed by atoms with Gasteiger partial charge in [-0.3, -0.25) is 9.59 Å². The Hall–Kier alpha value is -1.10. The third-order valence-electron chi connectivity index (χ3n) is 3.79. The Morgan fingerprint density at radius 2 is 1.88 bits per heavy atom. The smallest absolute Gasteiger partial charge is 0.310 e. The van der Waals surface area contributed by atoms with Gasteiger partial charge in [0.25, 0.3) is 0 Å². The van der Waals surface area contributed by atoms with Crippen LogP contribution in [0.15, 0.2) is 0 Å². The maximum Gasteiger partial charge on any atom is 0.310 e. The molecule has 0 heterocycles. The van der Waals surface area contributed by atoms with Crippen LogP contribution >= 0.6 is 0 Å². The van der Waals surface area contributed by atoms with Crippen LogP contribution in [0.2, 0.25) is 0 Å². The zero-order valence-corrected chi connectivity index (χ0v) is 9.89. The number of carboxylic acids is 2. The van der Waals surface area contributed by atoms with E-state index < -0.39 is 23.3 Å². The highest BCUT2D eigenvalue weighted by Crippen LogP contribution is 2.45. The van der Waals surface area contributed by atoms with Crippen molar-refractivity contribution in [3.8, 4) is 0 Å². The fourth-order valence-corrected chi connectivity index (χ4v) is 2.81. The quantitative estimate of drug-likeness (QED) is 0.615. The maximum absolute atomic E-state index is 11.5. The van der Waals surface area contributed by atoms with Crippen molar-refractivity contribution in [2.24, 2.45) is 11.3 Å². The lowest BCUT2D eigenvalue weighted by molar-refractivity contribution is -0.166. The van der Waals surface area contributed by atoms with Gasteiger partial charge in [0.2, 0.25) is 0 Å². The highest BCUT2D eigenvalue weighted by atomic mass is 16.4. The Balaban J connectivity index is 2.85. The minimum Gasteiger partial charge on any atom is -0.481 e. The average Bonchev–Trinajstić information content (AvgIpc) is 2.29. The van der Waals surface area contributed by atoms with Crippen LogP contribution in [0.4, 0.5) is 0 Å². The van der Waals surface area contributed by atoms with Gasteiger partial charge in [-0.25, -0.2) is 0 Å². The lowest BCUT2D eigenvalue weighted by atomic mass is 9.63. The van der Waals surface area contributed by atoms with Crippen molar-refractivity contribution in [3.63, 3.8) is 0 Å². The minimum absolute atomic E-state index is 0.0213. The number of rotatable bonds is 6. The molecule has 0 spiro atoms. The van der Waals surface area contributed by atoms with Gasteiger partial charge in [-0.2, -0.15) is 0 Å². The maximum atomic E-state index is 11.5. The molecule has 0 amide bonds. The predicted molar refractivity (Wildman–Crippen MR) is 60.6 cm³/mol. The molecule has 2 atom stereocenters. The molecule has 0 aromatic rings. The Morgan fingerprint density at radius 3 is 2.41 bits per heavy atom. The molecule has 5 heteroatoms. The molecular formula is C12H20O5. The number of aliphatic hydroxyl groups excluding tert-OH is 1. The molecule has 0 radical (unpaired) electrons. The van der Waals surface area contributed by atoms with Crippen LogP contribution in [0, 0.1) is 11.3 Å². The second-order valence-corrected chi connectivity index (χ2v) is 4.78. The number of hydrogen-bond donors (Lipinski definition) is 3. The molecule has 1 rings (SSSR count). The standard InChI is InChI=1S/C12H20O5/c13-8-4-3-7-12(11(16)17)6-2-1-5-9(12)10(14)15/h9,13H,1-8H2,(H,14,15)(H,16,17). The molecule has 2 unspecified atom stereocenters. The van der Waals surface area contributed by atoms with Gasteiger partial charge in [0.1, 0.15) is 0 Å². The molecule has 98 valence electrons.